The maximum absolute atomic E-state index is 3.59. The summed E-state index contributed by atoms with van der Waals surface area (Å²) < 4.78 is 0. The first-order valence-electron chi connectivity index (χ1n) is 8.28. The van der Waals surface area contributed by atoms with Crippen LogP contribution in [0.3, 0.4) is 0 Å². The van der Waals surface area contributed by atoms with Crippen molar-refractivity contribution in [1.29, 1.82) is 0 Å². The Hall–Kier alpha value is -1.64. The van der Waals surface area contributed by atoms with E-state index in [2.05, 4.69) is 85.1 Å². The van der Waals surface area contributed by atoms with E-state index in [-0.39, 0.29) is 0 Å². The second-order valence-electron chi connectivity index (χ2n) is 6.09. The Morgan fingerprint density at radius 1 is 0.636 bits per heavy atom. The standard InChI is InChI=1S/C20H28N2/c1-17(15-19-9-5-3-6-10-19)21-13-14-22-18(2)16-20-11-7-4-8-12-20/h3-12,17-18,21-22H,13-16H2,1-2H3/t17-,18-/m1/s1. The van der Waals surface area contributed by atoms with Crippen LogP contribution in [0.25, 0.3) is 0 Å². The van der Waals surface area contributed by atoms with E-state index in [1.165, 1.54) is 11.1 Å². The van der Waals surface area contributed by atoms with Crippen LogP contribution in [0, 0.1) is 0 Å². The van der Waals surface area contributed by atoms with Gasteiger partial charge in [-0.1, -0.05) is 60.7 Å². The SMILES string of the molecule is C[C@H](Cc1ccccc1)NCCN[C@H](C)Cc1ccccc1. The fourth-order valence-electron chi connectivity index (χ4n) is 2.72. The van der Waals surface area contributed by atoms with E-state index in [4.69, 9.17) is 0 Å². The molecule has 0 amide bonds. The molecule has 0 spiro atoms. The molecule has 0 aliphatic heterocycles. The minimum Gasteiger partial charge on any atom is -0.313 e. The van der Waals surface area contributed by atoms with Gasteiger partial charge in [-0.3, -0.25) is 0 Å². The lowest BCUT2D eigenvalue weighted by Crippen LogP contribution is -2.38. The van der Waals surface area contributed by atoms with Crippen molar-refractivity contribution in [1.82, 2.24) is 10.6 Å². The maximum atomic E-state index is 3.59. The molecule has 0 aromatic heterocycles. The summed E-state index contributed by atoms with van der Waals surface area (Å²) in [4.78, 5) is 0. The van der Waals surface area contributed by atoms with Gasteiger partial charge < -0.3 is 10.6 Å². The van der Waals surface area contributed by atoms with Crippen molar-refractivity contribution in [3.63, 3.8) is 0 Å². The van der Waals surface area contributed by atoms with Crippen LogP contribution in [0.1, 0.15) is 25.0 Å². The summed E-state index contributed by atoms with van der Waals surface area (Å²) in [6, 6.07) is 22.3. The van der Waals surface area contributed by atoms with Gasteiger partial charge >= 0.3 is 0 Å². The average Bonchev–Trinajstić information content (AvgIpc) is 2.53. The zero-order valence-corrected chi connectivity index (χ0v) is 13.8. The van der Waals surface area contributed by atoms with Crippen LogP contribution in [0.5, 0.6) is 0 Å². The number of nitrogens with one attached hydrogen (secondary N) is 2. The summed E-state index contributed by atoms with van der Waals surface area (Å²) in [5, 5.41) is 7.18. The van der Waals surface area contributed by atoms with Gasteiger partial charge in [0.05, 0.1) is 0 Å². The molecule has 118 valence electrons. The molecule has 0 radical (unpaired) electrons. The van der Waals surface area contributed by atoms with Crippen molar-refractivity contribution in [3.8, 4) is 0 Å². The van der Waals surface area contributed by atoms with E-state index in [0.29, 0.717) is 12.1 Å². The Morgan fingerprint density at radius 3 is 1.36 bits per heavy atom. The highest BCUT2D eigenvalue weighted by Gasteiger charge is 2.04. The molecule has 0 fully saturated rings. The van der Waals surface area contributed by atoms with Gasteiger partial charge in [0, 0.05) is 25.2 Å². The predicted molar refractivity (Wildman–Crippen MR) is 95.2 cm³/mol. The molecule has 2 heteroatoms. The second-order valence-corrected chi connectivity index (χ2v) is 6.09. The van der Waals surface area contributed by atoms with Gasteiger partial charge in [-0.2, -0.15) is 0 Å². The minimum atomic E-state index is 0.508. The first-order chi connectivity index (χ1) is 10.7. The predicted octanol–water partition coefficient (Wildman–Crippen LogP) is 3.43. The van der Waals surface area contributed by atoms with Crippen molar-refractivity contribution in [2.24, 2.45) is 0 Å². The van der Waals surface area contributed by atoms with E-state index < -0.39 is 0 Å². The summed E-state index contributed by atoms with van der Waals surface area (Å²) in [7, 11) is 0. The Bertz CT molecular complexity index is 460. The summed E-state index contributed by atoms with van der Waals surface area (Å²) in [5.41, 5.74) is 2.79. The molecule has 22 heavy (non-hydrogen) atoms. The fraction of sp³-hybridized carbons (Fsp3) is 0.400. The highest BCUT2D eigenvalue weighted by molar-refractivity contribution is 5.16. The largest absolute Gasteiger partial charge is 0.313 e. The molecule has 0 heterocycles. The smallest absolute Gasteiger partial charge is 0.00796 e. The Balaban J connectivity index is 1.58. The molecule has 2 N–H and O–H groups in total. The van der Waals surface area contributed by atoms with Gasteiger partial charge in [0.1, 0.15) is 0 Å². The molecule has 0 saturated carbocycles. The van der Waals surface area contributed by atoms with Crippen LogP contribution < -0.4 is 10.6 Å². The number of hydrogen-bond donors (Lipinski definition) is 2. The molecular weight excluding hydrogens is 268 g/mol. The lowest BCUT2D eigenvalue weighted by Gasteiger charge is -2.17. The van der Waals surface area contributed by atoms with Crippen molar-refractivity contribution >= 4 is 0 Å². The molecule has 0 saturated heterocycles. The van der Waals surface area contributed by atoms with Gasteiger partial charge in [-0.15, -0.1) is 0 Å². The molecule has 2 atom stereocenters. The monoisotopic (exact) mass is 296 g/mol. The normalized spacial score (nSPS) is 13.7. The van der Waals surface area contributed by atoms with Crippen molar-refractivity contribution in [2.75, 3.05) is 13.1 Å². The molecule has 2 nitrogen and oxygen atoms in total. The Morgan fingerprint density at radius 2 is 1.00 bits per heavy atom. The first kappa shape index (κ1) is 16.7. The van der Waals surface area contributed by atoms with Crippen molar-refractivity contribution in [2.45, 2.75) is 38.8 Å². The number of hydrogen-bond acceptors (Lipinski definition) is 2. The topological polar surface area (TPSA) is 24.1 Å². The third kappa shape index (κ3) is 6.42. The summed E-state index contributed by atoms with van der Waals surface area (Å²) in [6.07, 6.45) is 2.17. The molecule has 2 aromatic carbocycles. The van der Waals surface area contributed by atoms with Gasteiger partial charge in [0.15, 0.2) is 0 Å². The van der Waals surface area contributed by atoms with Crippen molar-refractivity contribution < 1.29 is 0 Å². The van der Waals surface area contributed by atoms with Crippen LogP contribution in [-0.2, 0) is 12.8 Å². The summed E-state index contributed by atoms with van der Waals surface area (Å²) in [5.74, 6) is 0. The highest BCUT2D eigenvalue weighted by atomic mass is 15.0. The van der Waals surface area contributed by atoms with Crippen LogP contribution >= 0.6 is 0 Å². The molecule has 0 unspecified atom stereocenters. The lowest BCUT2D eigenvalue weighted by molar-refractivity contribution is 0.490. The van der Waals surface area contributed by atoms with E-state index in [9.17, 15) is 0 Å². The van der Waals surface area contributed by atoms with Crippen LogP contribution in [0.2, 0.25) is 0 Å². The van der Waals surface area contributed by atoms with Crippen molar-refractivity contribution in [3.05, 3.63) is 71.8 Å². The van der Waals surface area contributed by atoms with E-state index in [1.807, 2.05) is 0 Å². The third-order valence-electron chi connectivity index (χ3n) is 3.88. The Labute approximate surface area is 135 Å². The molecule has 2 rings (SSSR count). The summed E-state index contributed by atoms with van der Waals surface area (Å²) in [6.45, 7) is 6.51. The van der Waals surface area contributed by atoms with E-state index >= 15 is 0 Å². The maximum Gasteiger partial charge on any atom is 0.00796 e. The van der Waals surface area contributed by atoms with E-state index in [0.717, 1.165) is 25.9 Å². The summed E-state index contributed by atoms with van der Waals surface area (Å²) >= 11 is 0. The fourth-order valence-corrected chi connectivity index (χ4v) is 2.72. The number of benzene rings is 2. The molecule has 0 bridgehead atoms. The number of rotatable bonds is 9. The minimum absolute atomic E-state index is 0.508. The van der Waals surface area contributed by atoms with Gasteiger partial charge in [-0.25, -0.2) is 0 Å². The zero-order chi connectivity index (χ0) is 15.6. The quantitative estimate of drug-likeness (QED) is 0.693. The third-order valence-corrected chi connectivity index (χ3v) is 3.88. The van der Waals surface area contributed by atoms with E-state index in [1.54, 1.807) is 0 Å². The molecule has 0 aliphatic carbocycles. The molecule has 2 aromatic rings. The highest BCUT2D eigenvalue weighted by Crippen LogP contribution is 2.03. The van der Waals surface area contributed by atoms with Gasteiger partial charge in [-0.05, 0) is 37.8 Å². The molecule has 0 aliphatic rings. The molecular formula is C20H28N2. The van der Waals surface area contributed by atoms with Crippen LogP contribution in [0.4, 0.5) is 0 Å². The zero-order valence-electron chi connectivity index (χ0n) is 13.8. The van der Waals surface area contributed by atoms with Gasteiger partial charge in [0.2, 0.25) is 0 Å². The van der Waals surface area contributed by atoms with Crippen LogP contribution in [0.15, 0.2) is 60.7 Å². The van der Waals surface area contributed by atoms with Crippen LogP contribution in [-0.4, -0.2) is 25.2 Å². The lowest BCUT2D eigenvalue weighted by atomic mass is 10.1. The van der Waals surface area contributed by atoms with Gasteiger partial charge in [0.25, 0.3) is 0 Å². The average molecular weight is 296 g/mol. The Kier molecular flexibility index (Phi) is 7.14. The first-order valence-corrected chi connectivity index (χ1v) is 8.28. The second kappa shape index (κ2) is 9.39.